The molecule has 6 rings (SSSR count). The van der Waals surface area contributed by atoms with Crippen LogP contribution in [0.25, 0.3) is 0 Å². The fraction of sp³-hybridized carbons (Fsp3) is 0.500. The van der Waals surface area contributed by atoms with Gasteiger partial charge >= 0.3 is 12.2 Å². The Kier molecular flexibility index (Phi) is 15.9. The third-order valence-corrected chi connectivity index (χ3v) is 13.2. The minimum absolute atomic E-state index is 0.0823. The molecule has 3 fully saturated rings. The molecule has 64 heavy (non-hydrogen) atoms. The van der Waals surface area contributed by atoms with E-state index in [1.807, 2.05) is 76.2 Å². The number of nitrogens with one attached hydrogen (secondary N) is 4. The Hall–Kier alpha value is -6.19. The molecule has 3 aliphatic heterocycles. The molecule has 0 aromatic heterocycles. The second kappa shape index (κ2) is 21.5. The number of carbonyl (C=O) groups excluding carboxylic acids is 6. The molecular weight excluding hydrogens is 822 g/mol. The number of halogens is 1. The van der Waals surface area contributed by atoms with Crippen molar-refractivity contribution >= 4 is 52.9 Å². The van der Waals surface area contributed by atoms with E-state index in [2.05, 4.69) is 26.2 Å². The highest BCUT2D eigenvalue weighted by Gasteiger charge is 2.41. The molecule has 4 N–H and O–H groups in total. The van der Waals surface area contributed by atoms with E-state index >= 15 is 0 Å². The van der Waals surface area contributed by atoms with E-state index in [-0.39, 0.29) is 53.4 Å². The highest BCUT2D eigenvalue weighted by Crippen LogP contribution is 2.47. The first-order valence-corrected chi connectivity index (χ1v) is 22.4. The Labute approximate surface area is 374 Å². The average Bonchev–Trinajstić information content (AvgIpc) is 4.11. The molecule has 0 saturated carbocycles. The van der Waals surface area contributed by atoms with Crippen LogP contribution >= 0.6 is 0 Å². The maximum Gasteiger partial charge on any atom is 0.407 e. The van der Waals surface area contributed by atoms with E-state index in [1.54, 1.807) is 21.9 Å². The lowest BCUT2D eigenvalue weighted by atomic mass is 9.97. The SMILES string of the molecule is CC[C@H](C)C(NC(=O)OC)C(=O)N1CCC[C@H]1C(=O)Nc1ccc([C@@H]2CC[C@@H](c3ccc(NC(=O)[C@@H]4CCCN4C(=O)[C@@H](NC(=O)OC)[C@@H](C)CC)cc3)N2c2ccc(F)cc2)cc1. The summed E-state index contributed by atoms with van der Waals surface area (Å²) in [7, 11) is 2.49. The molecule has 3 saturated heterocycles. The second-order valence-corrected chi connectivity index (χ2v) is 17.1. The van der Waals surface area contributed by atoms with Crippen molar-refractivity contribution in [3.05, 3.63) is 89.7 Å². The summed E-state index contributed by atoms with van der Waals surface area (Å²) in [6.07, 6.45) is 3.80. The maximum absolute atomic E-state index is 14.2. The average molecular weight is 884 g/mol. The van der Waals surface area contributed by atoms with Gasteiger partial charge in [-0.1, -0.05) is 64.8 Å². The van der Waals surface area contributed by atoms with Crippen molar-refractivity contribution in [2.45, 2.75) is 115 Å². The minimum Gasteiger partial charge on any atom is -0.453 e. The largest absolute Gasteiger partial charge is 0.453 e. The smallest absolute Gasteiger partial charge is 0.407 e. The zero-order valence-electron chi connectivity index (χ0n) is 37.6. The molecule has 0 bridgehead atoms. The quantitative estimate of drug-likeness (QED) is 0.122. The van der Waals surface area contributed by atoms with Gasteiger partial charge in [0, 0.05) is 30.2 Å². The van der Waals surface area contributed by atoms with Gasteiger partial charge in [-0.05, 0) is 110 Å². The molecule has 3 aliphatic rings. The number of alkyl carbamates (subject to hydrolysis) is 2. The molecule has 1 unspecified atom stereocenters. The Morgan fingerprint density at radius 1 is 0.609 bits per heavy atom. The van der Waals surface area contributed by atoms with Gasteiger partial charge in [0.15, 0.2) is 0 Å². The number of rotatable bonds is 15. The van der Waals surface area contributed by atoms with Crippen LogP contribution in [0, 0.1) is 17.7 Å². The zero-order chi connectivity index (χ0) is 46.1. The summed E-state index contributed by atoms with van der Waals surface area (Å²) in [5.74, 6) is -1.89. The lowest BCUT2D eigenvalue weighted by Gasteiger charge is -2.33. The number of ether oxygens (including phenoxy) is 2. The number of amides is 6. The molecule has 8 atom stereocenters. The Balaban J connectivity index is 1.14. The third kappa shape index (κ3) is 10.8. The van der Waals surface area contributed by atoms with Crippen molar-refractivity contribution in [2.24, 2.45) is 11.8 Å². The molecule has 16 heteroatoms. The van der Waals surface area contributed by atoms with Crippen LogP contribution in [0.15, 0.2) is 72.8 Å². The molecule has 0 aliphatic carbocycles. The van der Waals surface area contributed by atoms with Gasteiger partial charge in [-0.3, -0.25) is 19.2 Å². The van der Waals surface area contributed by atoms with Crippen LogP contribution < -0.4 is 26.2 Å². The van der Waals surface area contributed by atoms with E-state index in [9.17, 15) is 33.2 Å². The number of likely N-dealkylation sites (tertiary alicyclic amines) is 2. The highest BCUT2D eigenvalue weighted by atomic mass is 19.1. The van der Waals surface area contributed by atoms with Gasteiger partial charge in [0.25, 0.3) is 0 Å². The summed E-state index contributed by atoms with van der Waals surface area (Å²) in [6.45, 7) is 8.44. The summed E-state index contributed by atoms with van der Waals surface area (Å²) < 4.78 is 23.7. The van der Waals surface area contributed by atoms with Crippen LogP contribution in [0.4, 0.5) is 31.0 Å². The molecule has 0 spiro atoms. The number of benzene rings is 3. The third-order valence-electron chi connectivity index (χ3n) is 13.2. The van der Waals surface area contributed by atoms with Gasteiger partial charge in [0.05, 0.1) is 26.3 Å². The fourth-order valence-corrected chi connectivity index (χ4v) is 9.17. The molecule has 3 heterocycles. The predicted octanol–water partition coefficient (Wildman–Crippen LogP) is 7.31. The van der Waals surface area contributed by atoms with Gasteiger partial charge in [0.1, 0.15) is 30.0 Å². The Morgan fingerprint density at radius 2 is 1.00 bits per heavy atom. The van der Waals surface area contributed by atoms with Gasteiger partial charge in [0.2, 0.25) is 23.6 Å². The number of hydrogen-bond donors (Lipinski definition) is 4. The summed E-state index contributed by atoms with van der Waals surface area (Å²) >= 11 is 0. The summed E-state index contributed by atoms with van der Waals surface area (Å²) in [5, 5.41) is 11.3. The first kappa shape index (κ1) is 47.3. The Morgan fingerprint density at radius 3 is 1.36 bits per heavy atom. The second-order valence-electron chi connectivity index (χ2n) is 17.1. The molecule has 3 aromatic carbocycles. The van der Waals surface area contributed by atoms with E-state index in [1.165, 1.54) is 26.4 Å². The first-order chi connectivity index (χ1) is 30.8. The highest BCUT2D eigenvalue weighted by molar-refractivity contribution is 5.99. The van der Waals surface area contributed by atoms with Crippen LogP contribution in [0.2, 0.25) is 0 Å². The monoisotopic (exact) mass is 883 g/mol. The van der Waals surface area contributed by atoms with Crippen molar-refractivity contribution in [3.8, 4) is 0 Å². The Bertz CT molecular complexity index is 1990. The standard InChI is InChI=1S/C48H62FN7O8/c1-7-29(3)41(52-47(61)63-5)45(59)54-27-9-11-39(54)43(57)50-34-19-13-31(14-20-34)37-25-26-38(56(37)36-23-17-33(49)18-24-36)32-15-21-35(22-16-32)51-44(58)40-12-10-28-55(40)46(60)42(30(4)8-2)53-48(62)64-6/h13-24,29-30,37-42H,7-12,25-28H2,1-6H3,(H,50,57)(H,51,58)(H,52,61)(H,53,62)/t29-,30-,37-,38-,39-,40-,41-,42?/m0/s1. The number of nitrogens with zero attached hydrogens (tertiary/aromatic N) is 3. The lowest BCUT2D eigenvalue weighted by molar-refractivity contribution is -0.139. The molecule has 344 valence electrons. The molecular formula is C48H62FN7O8. The zero-order valence-corrected chi connectivity index (χ0v) is 37.6. The van der Waals surface area contributed by atoms with Crippen molar-refractivity contribution in [1.82, 2.24) is 20.4 Å². The van der Waals surface area contributed by atoms with E-state index in [0.29, 0.717) is 63.0 Å². The predicted molar refractivity (Wildman–Crippen MR) is 241 cm³/mol. The summed E-state index contributed by atoms with van der Waals surface area (Å²) in [6, 6.07) is 18.6. The summed E-state index contributed by atoms with van der Waals surface area (Å²) in [5.41, 5.74) is 4.01. The minimum atomic E-state index is -0.817. The van der Waals surface area contributed by atoms with Crippen LogP contribution in [0.1, 0.15) is 102 Å². The van der Waals surface area contributed by atoms with Gasteiger partial charge in [-0.15, -0.1) is 0 Å². The normalized spacial score (nSPS) is 21.3. The lowest BCUT2D eigenvalue weighted by Crippen LogP contribution is -2.54. The number of hydrogen-bond acceptors (Lipinski definition) is 9. The van der Waals surface area contributed by atoms with Gasteiger partial charge in [-0.2, -0.15) is 0 Å². The van der Waals surface area contributed by atoms with Crippen molar-refractivity contribution in [3.63, 3.8) is 0 Å². The van der Waals surface area contributed by atoms with Crippen LogP contribution in [-0.2, 0) is 28.7 Å². The van der Waals surface area contributed by atoms with E-state index in [4.69, 9.17) is 9.47 Å². The topological polar surface area (TPSA) is 179 Å². The maximum atomic E-state index is 14.2. The van der Waals surface area contributed by atoms with Crippen LogP contribution in [-0.4, -0.2) is 97.1 Å². The van der Waals surface area contributed by atoms with Gasteiger partial charge < -0.3 is 45.4 Å². The van der Waals surface area contributed by atoms with Crippen LogP contribution in [0.5, 0.6) is 0 Å². The van der Waals surface area contributed by atoms with Gasteiger partial charge in [-0.25, -0.2) is 14.0 Å². The van der Waals surface area contributed by atoms with Crippen molar-refractivity contribution < 1.29 is 42.6 Å². The summed E-state index contributed by atoms with van der Waals surface area (Å²) in [4.78, 5) is 84.2. The molecule has 3 aromatic rings. The number of methoxy groups -OCH3 is 2. The molecule has 6 amide bonds. The number of carbonyl (C=O) groups is 6. The van der Waals surface area contributed by atoms with Crippen molar-refractivity contribution in [1.29, 1.82) is 0 Å². The van der Waals surface area contributed by atoms with E-state index < -0.39 is 36.4 Å². The fourth-order valence-electron chi connectivity index (χ4n) is 9.17. The molecule has 0 radical (unpaired) electrons. The molecule has 15 nitrogen and oxygen atoms in total. The van der Waals surface area contributed by atoms with E-state index in [0.717, 1.165) is 29.7 Å². The first-order valence-electron chi connectivity index (χ1n) is 22.4. The van der Waals surface area contributed by atoms with Crippen LogP contribution in [0.3, 0.4) is 0 Å². The number of anilines is 3. The van der Waals surface area contributed by atoms with Crippen molar-refractivity contribution in [2.75, 3.05) is 42.8 Å².